The summed E-state index contributed by atoms with van der Waals surface area (Å²) in [5.74, 6) is -0.909. The molecule has 1 aliphatic heterocycles. The highest BCUT2D eigenvalue weighted by molar-refractivity contribution is 7.91. The summed E-state index contributed by atoms with van der Waals surface area (Å²) in [6.07, 6.45) is 0.585. The largest absolute Gasteiger partial charge is 0.497 e. The fraction of sp³-hybridized carbons (Fsp3) is 0.468. The van der Waals surface area contributed by atoms with Gasteiger partial charge in [0.25, 0.3) is 5.91 Å². The van der Waals surface area contributed by atoms with Crippen LogP contribution in [0.15, 0.2) is 84.9 Å². The van der Waals surface area contributed by atoms with Gasteiger partial charge < -0.3 is 29.7 Å². The first kappa shape index (κ1) is 44.4. The van der Waals surface area contributed by atoms with Crippen molar-refractivity contribution in [3.05, 3.63) is 90.5 Å². The number of carbonyl (C=O) groups is 4. The molecule has 3 aromatic carbocycles. The number of hydrogen-bond donors (Lipinski definition) is 3. The van der Waals surface area contributed by atoms with Crippen LogP contribution in [0.2, 0.25) is 0 Å². The highest BCUT2D eigenvalue weighted by atomic mass is 32.2. The maximum Gasteiger partial charge on any atom is 0.408 e. The van der Waals surface area contributed by atoms with E-state index in [0.29, 0.717) is 47.4 Å². The van der Waals surface area contributed by atoms with E-state index in [-0.39, 0.29) is 32.2 Å². The molecule has 2 heterocycles. The Hall–Kier alpha value is -5.70. The van der Waals surface area contributed by atoms with Gasteiger partial charge in [-0.05, 0) is 82.4 Å². The lowest BCUT2D eigenvalue weighted by atomic mass is 9.76. The molecule has 62 heavy (non-hydrogen) atoms. The van der Waals surface area contributed by atoms with Gasteiger partial charge in [0.2, 0.25) is 21.8 Å². The molecule has 2 aliphatic carbocycles. The van der Waals surface area contributed by atoms with Crippen molar-refractivity contribution in [2.45, 2.75) is 121 Å². The van der Waals surface area contributed by atoms with Crippen molar-refractivity contribution in [2.24, 2.45) is 5.41 Å². The quantitative estimate of drug-likeness (QED) is 0.135. The van der Waals surface area contributed by atoms with Crippen LogP contribution in [0.4, 0.5) is 4.79 Å². The first-order chi connectivity index (χ1) is 29.2. The van der Waals surface area contributed by atoms with Crippen LogP contribution in [0.3, 0.4) is 0 Å². The summed E-state index contributed by atoms with van der Waals surface area (Å²) in [7, 11) is -2.55. The van der Waals surface area contributed by atoms with Crippen molar-refractivity contribution < 1.29 is 41.8 Å². The molecule has 0 unspecified atom stereocenters. The molecule has 330 valence electrons. The van der Waals surface area contributed by atoms with Gasteiger partial charge in [0.15, 0.2) is 0 Å². The van der Waals surface area contributed by atoms with Crippen LogP contribution in [0, 0.1) is 5.41 Å². The number of carbonyl (C=O) groups excluding carboxylic acids is 4. The van der Waals surface area contributed by atoms with E-state index >= 15 is 0 Å². The summed E-state index contributed by atoms with van der Waals surface area (Å²) in [5.41, 5.74) is -0.234. The van der Waals surface area contributed by atoms with E-state index in [9.17, 15) is 27.6 Å². The number of ether oxygens (including phenoxy) is 3. The third kappa shape index (κ3) is 9.52. The van der Waals surface area contributed by atoms with Gasteiger partial charge in [-0.25, -0.2) is 18.2 Å². The van der Waals surface area contributed by atoms with E-state index in [1.165, 1.54) is 4.90 Å². The monoisotopic (exact) mass is 867 g/mol. The number of likely N-dealkylation sites (tertiary alicyclic amines) is 1. The zero-order valence-corrected chi connectivity index (χ0v) is 37.3. The number of alkyl carbamates (subject to hydrolysis) is 1. The SMILES string of the molecule is COc1ccc2c(O[C@@H]3C[C@@H](C(=O)NC4(C(=O)NS(=O)(=O)C5(Cc6ccccc6)CC5)CCC4)N(C(=O)[C@@H](NC(=O)OC(C)(C)C)C(C)(C)C)C3)cc(-c3ccccc3)nc2c1. The van der Waals surface area contributed by atoms with E-state index < -0.39 is 73.3 Å². The molecule has 3 N–H and O–H groups in total. The average molecular weight is 868 g/mol. The number of hydrogen-bond acceptors (Lipinski definition) is 10. The summed E-state index contributed by atoms with van der Waals surface area (Å²) < 4.78 is 46.7. The molecule has 3 aliphatic rings. The molecule has 3 fully saturated rings. The Labute approximate surface area is 363 Å². The number of benzene rings is 3. The van der Waals surface area contributed by atoms with Gasteiger partial charge in [0.05, 0.1) is 29.6 Å². The number of rotatable bonds is 13. The molecule has 14 nitrogen and oxygen atoms in total. The lowest BCUT2D eigenvalue weighted by molar-refractivity contribution is -0.144. The van der Waals surface area contributed by atoms with Crippen LogP contribution in [0.25, 0.3) is 22.2 Å². The van der Waals surface area contributed by atoms with Crippen LogP contribution in [0.5, 0.6) is 11.5 Å². The summed E-state index contributed by atoms with van der Waals surface area (Å²) in [6.45, 7) is 10.5. The van der Waals surface area contributed by atoms with Crippen LogP contribution >= 0.6 is 0 Å². The van der Waals surface area contributed by atoms with Crippen molar-refractivity contribution in [3.63, 3.8) is 0 Å². The first-order valence-corrected chi connectivity index (χ1v) is 22.6. The Morgan fingerprint density at radius 2 is 1.55 bits per heavy atom. The van der Waals surface area contributed by atoms with Gasteiger partial charge in [0, 0.05) is 29.5 Å². The number of fused-ring (bicyclic) bond motifs is 1. The summed E-state index contributed by atoms with van der Waals surface area (Å²) in [5, 5.41) is 6.34. The third-order valence-electron chi connectivity index (χ3n) is 11.9. The Kier molecular flexibility index (Phi) is 12.1. The van der Waals surface area contributed by atoms with Gasteiger partial charge in [0.1, 0.15) is 40.8 Å². The van der Waals surface area contributed by atoms with Crippen molar-refractivity contribution in [3.8, 4) is 22.8 Å². The highest BCUT2D eigenvalue weighted by Crippen LogP contribution is 2.46. The van der Waals surface area contributed by atoms with E-state index in [4.69, 9.17) is 19.2 Å². The molecule has 4 aromatic rings. The van der Waals surface area contributed by atoms with Crippen LogP contribution in [-0.2, 0) is 35.6 Å². The summed E-state index contributed by atoms with van der Waals surface area (Å²) >= 11 is 0. The van der Waals surface area contributed by atoms with Crippen LogP contribution in [0.1, 0.15) is 85.6 Å². The van der Waals surface area contributed by atoms with Crippen molar-refractivity contribution >= 4 is 44.7 Å². The minimum atomic E-state index is -4.13. The maximum absolute atomic E-state index is 14.8. The molecule has 2 saturated carbocycles. The fourth-order valence-corrected chi connectivity index (χ4v) is 9.84. The van der Waals surface area contributed by atoms with Crippen molar-refractivity contribution in [1.82, 2.24) is 25.2 Å². The minimum Gasteiger partial charge on any atom is -0.497 e. The molecule has 1 saturated heterocycles. The Morgan fingerprint density at radius 1 is 0.887 bits per heavy atom. The Balaban J connectivity index is 1.18. The summed E-state index contributed by atoms with van der Waals surface area (Å²) in [6, 6.07) is 23.9. The van der Waals surface area contributed by atoms with Crippen molar-refractivity contribution in [1.29, 1.82) is 0 Å². The first-order valence-electron chi connectivity index (χ1n) is 21.2. The number of nitrogens with zero attached hydrogens (tertiary/aromatic N) is 2. The lowest BCUT2D eigenvalue weighted by Gasteiger charge is -2.42. The van der Waals surface area contributed by atoms with E-state index in [1.807, 2.05) is 78.9 Å². The number of amides is 4. The topological polar surface area (TPSA) is 182 Å². The molecule has 0 radical (unpaired) electrons. The molecule has 7 rings (SSSR count). The highest BCUT2D eigenvalue weighted by Gasteiger charge is 2.58. The predicted molar refractivity (Wildman–Crippen MR) is 235 cm³/mol. The molecule has 1 aromatic heterocycles. The second kappa shape index (κ2) is 16.9. The fourth-order valence-electron chi connectivity index (χ4n) is 8.19. The predicted octanol–water partition coefficient (Wildman–Crippen LogP) is 6.46. The van der Waals surface area contributed by atoms with Gasteiger partial charge in [-0.1, -0.05) is 81.4 Å². The molecule has 4 amide bonds. The zero-order chi connectivity index (χ0) is 44.7. The number of pyridine rings is 1. The molecular formula is C47H57N5O9S. The molecule has 3 atom stereocenters. The second-order valence-corrected chi connectivity index (χ2v) is 21.0. The number of methoxy groups -OCH3 is 1. The van der Waals surface area contributed by atoms with Crippen LogP contribution < -0.4 is 24.8 Å². The lowest BCUT2D eigenvalue weighted by Crippen LogP contribution is -2.67. The van der Waals surface area contributed by atoms with E-state index in [0.717, 1.165) is 11.1 Å². The Bertz CT molecular complexity index is 2440. The molecular weight excluding hydrogens is 811 g/mol. The zero-order valence-electron chi connectivity index (χ0n) is 36.4. The minimum absolute atomic E-state index is 0.0255. The maximum atomic E-state index is 14.8. The molecule has 15 heteroatoms. The number of aromatic nitrogens is 1. The normalized spacial score (nSPS) is 19.7. The van der Waals surface area contributed by atoms with Crippen LogP contribution in [-0.4, -0.2) is 89.8 Å². The standard InChI is InChI=1S/C47H57N5O9S/c1-44(2,3)39(49-43(56)61-45(4,5)6)41(54)52-29-33(60-38-27-35(31-17-12-9-13-18-31)48-36-25-32(59-7)19-20-34(36)38)26-37(52)40(53)50-47(21-14-22-47)42(55)51-62(57,58)46(23-24-46)28-30-15-10-8-11-16-30/h8-13,15-20,25,27,33,37,39H,14,21-24,26,28-29H2,1-7H3,(H,49,56)(H,50,53)(H,51,55)/t33-,37+,39-/m1/s1. The van der Waals surface area contributed by atoms with Gasteiger partial charge in [-0.15, -0.1) is 0 Å². The van der Waals surface area contributed by atoms with Gasteiger partial charge >= 0.3 is 6.09 Å². The smallest absolute Gasteiger partial charge is 0.408 e. The van der Waals surface area contributed by atoms with Gasteiger partial charge in [-0.2, -0.15) is 0 Å². The Morgan fingerprint density at radius 3 is 2.13 bits per heavy atom. The number of sulfonamides is 1. The molecule has 0 spiro atoms. The number of nitrogens with one attached hydrogen (secondary N) is 3. The van der Waals surface area contributed by atoms with Crippen molar-refractivity contribution in [2.75, 3.05) is 13.7 Å². The van der Waals surface area contributed by atoms with E-state index in [2.05, 4.69) is 15.4 Å². The second-order valence-electron chi connectivity index (χ2n) is 18.9. The molecule has 0 bridgehead atoms. The van der Waals surface area contributed by atoms with E-state index in [1.54, 1.807) is 54.7 Å². The third-order valence-corrected chi connectivity index (χ3v) is 14.1. The average Bonchev–Trinajstić information content (AvgIpc) is 3.87. The van der Waals surface area contributed by atoms with Gasteiger partial charge in [-0.3, -0.25) is 19.1 Å². The summed E-state index contributed by atoms with van der Waals surface area (Å²) in [4.78, 5) is 63.0.